The fraction of sp³-hybridized carbons (Fsp3) is 0.500. The Labute approximate surface area is 185 Å². The zero-order valence-corrected chi connectivity index (χ0v) is 17.9. The quantitative estimate of drug-likeness (QED) is 0.680. The Morgan fingerprint density at radius 3 is 2.72 bits per heavy atom. The second-order valence-corrected chi connectivity index (χ2v) is 8.98. The third kappa shape index (κ3) is 3.70. The molecule has 2 aromatic rings. The largest absolute Gasteiger partial charge is 0.493 e. The lowest BCUT2D eigenvalue weighted by molar-refractivity contribution is -0.169. The van der Waals surface area contributed by atoms with Crippen LogP contribution in [0.2, 0.25) is 0 Å². The van der Waals surface area contributed by atoms with Crippen LogP contribution < -0.4 is 9.47 Å². The first-order valence-corrected chi connectivity index (χ1v) is 10.9. The van der Waals surface area contributed by atoms with E-state index in [0.717, 1.165) is 12.1 Å². The number of benzene rings is 1. The number of hydrogen-bond acceptors (Lipinski definition) is 5. The summed E-state index contributed by atoms with van der Waals surface area (Å²) in [6.45, 7) is 1.96. The molecule has 0 bridgehead atoms. The second kappa shape index (κ2) is 7.99. The Morgan fingerprint density at radius 2 is 2.09 bits per heavy atom. The maximum absolute atomic E-state index is 13.2. The number of carbonyl (C=O) groups is 1. The number of amides is 1. The highest BCUT2D eigenvalue weighted by molar-refractivity contribution is 5.95. The molecule has 1 saturated carbocycles. The molecule has 2 atom stereocenters. The van der Waals surface area contributed by atoms with Crippen molar-refractivity contribution in [1.82, 2.24) is 9.88 Å². The molecule has 3 aliphatic rings. The maximum atomic E-state index is 13.2. The molecule has 2 aliphatic heterocycles. The molecule has 1 aliphatic carbocycles. The fourth-order valence-electron chi connectivity index (χ4n) is 4.91. The lowest BCUT2D eigenvalue weighted by atomic mass is 9.70. The number of rotatable bonds is 6. The van der Waals surface area contributed by atoms with Gasteiger partial charge >= 0.3 is 0 Å². The predicted octanol–water partition coefficient (Wildman–Crippen LogP) is 3.70. The summed E-state index contributed by atoms with van der Waals surface area (Å²) < 4.78 is 43.0. The van der Waals surface area contributed by atoms with E-state index < -0.39 is 5.92 Å². The summed E-state index contributed by atoms with van der Waals surface area (Å²) in [4.78, 5) is 19.5. The minimum Gasteiger partial charge on any atom is -0.493 e. The highest BCUT2D eigenvalue weighted by atomic mass is 19.3. The van der Waals surface area contributed by atoms with Crippen molar-refractivity contribution in [3.05, 3.63) is 53.9 Å². The number of methoxy groups -OCH3 is 1. The molecule has 2 unspecified atom stereocenters. The summed E-state index contributed by atoms with van der Waals surface area (Å²) in [6, 6.07) is 10.9. The molecule has 1 amide bonds. The number of alkyl halides is 2. The number of piperidine rings is 1. The van der Waals surface area contributed by atoms with Gasteiger partial charge in [-0.2, -0.15) is 0 Å². The lowest BCUT2D eigenvalue weighted by Crippen LogP contribution is -2.65. The third-order valence-electron chi connectivity index (χ3n) is 6.89. The highest BCUT2D eigenvalue weighted by Gasteiger charge is 2.54. The molecule has 32 heavy (non-hydrogen) atoms. The van der Waals surface area contributed by atoms with E-state index in [1.54, 1.807) is 29.3 Å². The highest BCUT2D eigenvalue weighted by Crippen LogP contribution is 2.45. The number of fused-ring (bicyclic) bond motifs is 1. The molecule has 3 heterocycles. The number of likely N-dealkylation sites (tertiary alicyclic amines) is 1. The van der Waals surface area contributed by atoms with Crippen molar-refractivity contribution >= 4 is 5.91 Å². The smallest absolute Gasteiger partial charge is 0.254 e. The number of carbonyl (C=O) groups excluding carboxylic acids is 1. The zero-order valence-electron chi connectivity index (χ0n) is 17.9. The number of pyridine rings is 1. The van der Waals surface area contributed by atoms with Gasteiger partial charge in [0, 0.05) is 43.6 Å². The molecule has 0 spiro atoms. The van der Waals surface area contributed by atoms with Crippen LogP contribution in [-0.4, -0.2) is 61.2 Å². The van der Waals surface area contributed by atoms with E-state index in [1.807, 2.05) is 18.2 Å². The SMILES string of the molecule is COc1cc(C(=O)N2CCC3(c4ccccn4)COC3C2)ccc1OCC1CC(F)(F)C1. The minimum absolute atomic E-state index is 0.0693. The Bertz CT molecular complexity index is 995. The van der Waals surface area contributed by atoms with Gasteiger partial charge in [0.25, 0.3) is 5.91 Å². The number of hydrogen-bond donors (Lipinski definition) is 0. The molecule has 1 aromatic carbocycles. The van der Waals surface area contributed by atoms with Gasteiger partial charge < -0.3 is 19.1 Å². The summed E-state index contributed by atoms with van der Waals surface area (Å²) in [5.74, 6) is -1.96. The van der Waals surface area contributed by atoms with Gasteiger partial charge in [-0.25, -0.2) is 8.78 Å². The first-order valence-electron chi connectivity index (χ1n) is 10.9. The number of aromatic nitrogens is 1. The van der Waals surface area contributed by atoms with Crippen molar-refractivity contribution in [3.8, 4) is 11.5 Å². The average Bonchev–Trinajstić information content (AvgIpc) is 2.77. The maximum Gasteiger partial charge on any atom is 0.254 e. The molecular formula is C24H26F2N2O4. The normalized spacial score (nSPS) is 26.5. The number of nitrogens with zero attached hydrogens (tertiary/aromatic N) is 2. The molecule has 8 heteroatoms. The summed E-state index contributed by atoms with van der Waals surface area (Å²) in [6.07, 6.45) is 2.22. The molecule has 170 valence electrons. The van der Waals surface area contributed by atoms with Crippen molar-refractivity contribution in [1.29, 1.82) is 0 Å². The van der Waals surface area contributed by atoms with Crippen LogP contribution in [-0.2, 0) is 10.2 Å². The van der Waals surface area contributed by atoms with Crippen LogP contribution in [0.1, 0.15) is 35.3 Å². The summed E-state index contributed by atoms with van der Waals surface area (Å²) >= 11 is 0. The Morgan fingerprint density at radius 1 is 1.25 bits per heavy atom. The summed E-state index contributed by atoms with van der Waals surface area (Å²) in [7, 11) is 1.50. The van der Waals surface area contributed by atoms with Crippen LogP contribution in [0.3, 0.4) is 0 Å². The van der Waals surface area contributed by atoms with Crippen molar-refractivity contribution in [2.45, 2.75) is 36.7 Å². The molecule has 6 nitrogen and oxygen atoms in total. The Balaban J connectivity index is 1.24. The Hall–Kier alpha value is -2.74. The van der Waals surface area contributed by atoms with E-state index >= 15 is 0 Å². The Kier molecular flexibility index (Phi) is 5.28. The molecule has 0 radical (unpaired) electrons. The van der Waals surface area contributed by atoms with Crippen LogP contribution in [0.15, 0.2) is 42.6 Å². The zero-order chi connectivity index (χ0) is 22.3. The summed E-state index contributed by atoms with van der Waals surface area (Å²) in [5, 5.41) is 0. The van der Waals surface area contributed by atoms with Crippen LogP contribution in [0.4, 0.5) is 8.78 Å². The molecule has 5 rings (SSSR count). The van der Waals surface area contributed by atoms with Crippen LogP contribution in [0.25, 0.3) is 0 Å². The van der Waals surface area contributed by atoms with Crippen molar-refractivity contribution in [2.24, 2.45) is 5.92 Å². The van der Waals surface area contributed by atoms with E-state index in [-0.39, 0.29) is 42.8 Å². The van der Waals surface area contributed by atoms with Crippen LogP contribution >= 0.6 is 0 Å². The van der Waals surface area contributed by atoms with Crippen molar-refractivity contribution in [2.75, 3.05) is 33.4 Å². The number of ether oxygens (including phenoxy) is 3. The second-order valence-electron chi connectivity index (χ2n) is 8.98. The van der Waals surface area contributed by atoms with Gasteiger partial charge in [-0.1, -0.05) is 6.07 Å². The molecule has 3 fully saturated rings. The summed E-state index contributed by atoms with van der Waals surface area (Å²) in [5.41, 5.74) is 1.40. The van der Waals surface area contributed by atoms with Crippen molar-refractivity contribution in [3.63, 3.8) is 0 Å². The van der Waals surface area contributed by atoms with Crippen LogP contribution in [0.5, 0.6) is 11.5 Å². The van der Waals surface area contributed by atoms with Crippen molar-refractivity contribution < 1.29 is 27.8 Å². The molecule has 0 N–H and O–H groups in total. The van der Waals surface area contributed by atoms with E-state index in [1.165, 1.54) is 7.11 Å². The van der Waals surface area contributed by atoms with Gasteiger partial charge in [0.2, 0.25) is 5.92 Å². The van der Waals surface area contributed by atoms with Gasteiger partial charge in [-0.05, 0) is 36.8 Å². The monoisotopic (exact) mass is 444 g/mol. The van der Waals surface area contributed by atoms with E-state index in [2.05, 4.69) is 4.98 Å². The topological polar surface area (TPSA) is 60.9 Å². The lowest BCUT2D eigenvalue weighted by Gasteiger charge is -2.54. The number of halogens is 2. The van der Waals surface area contributed by atoms with Gasteiger partial charge in [-0.15, -0.1) is 0 Å². The van der Waals surface area contributed by atoms with E-state index in [9.17, 15) is 13.6 Å². The van der Waals surface area contributed by atoms with Gasteiger partial charge in [-0.3, -0.25) is 9.78 Å². The minimum atomic E-state index is -2.57. The fourth-order valence-corrected chi connectivity index (χ4v) is 4.91. The van der Waals surface area contributed by atoms with Gasteiger partial charge in [0.05, 0.1) is 37.5 Å². The molecule has 2 saturated heterocycles. The molecular weight excluding hydrogens is 418 g/mol. The third-order valence-corrected chi connectivity index (χ3v) is 6.89. The van der Waals surface area contributed by atoms with E-state index in [0.29, 0.717) is 36.8 Å². The standard InChI is InChI=1S/C24H26F2N2O4/c1-30-19-10-17(5-6-18(19)31-14-16-11-24(25,26)12-16)22(29)28-9-7-23(15-32-21(23)13-28)20-4-2-3-8-27-20/h2-6,8,10,16,21H,7,9,11-15H2,1H3. The average molecular weight is 444 g/mol. The molecule has 1 aromatic heterocycles. The predicted molar refractivity (Wildman–Crippen MR) is 112 cm³/mol. The van der Waals surface area contributed by atoms with Gasteiger partial charge in [0.15, 0.2) is 11.5 Å². The van der Waals surface area contributed by atoms with Gasteiger partial charge in [0.1, 0.15) is 0 Å². The van der Waals surface area contributed by atoms with Crippen LogP contribution in [0, 0.1) is 5.92 Å². The van der Waals surface area contributed by atoms with E-state index in [4.69, 9.17) is 14.2 Å². The first-order chi connectivity index (χ1) is 15.4. The first kappa shape index (κ1) is 21.1.